The number of carbonyl (C=O) groups excluding carboxylic acids is 1. The monoisotopic (exact) mass is 235 g/mol. The lowest BCUT2D eigenvalue weighted by Crippen LogP contribution is -2.29. The Balaban J connectivity index is 1.82. The number of nitrogens with one attached hydrogen (secondary N) is 1. The molecule has 0 spiro atoms. The van der Waals surface area contributed by atoms with E-state index in [2.05, 4.69) is 17.1 Å². The average molecular weight is 235 g/mol. The predicted octanol–water partition coefficient (Wildman–Crippen LogP) is 2.05. The van der Waals surface area contributed by atoms with E-state index in [0.717, 1.165) is 24.0 Å². The van der Waals surface area contributed by atoms with Gasteiger partial charge in [-0.3, -0.25) is 5.10 Å². The molecule has 2 heterocycles. The Hall–Kier alpha value is -1.78. The van der Waals surface area contributed by atoms with E-state index < -0.39 is 0 Å². The Morgan fingerprint density at radius 1 is 1.65 bits per heavy atom. The van der Waals surface area contributed by atoms with Crippen molar-refractivity contribution in [2.45, 2.75) is 19.8 Å². The van der Waals surface area contributed by atoms with Crippen LogP contribution < -0.4 is 0 Å². The van der Waals surface area contributed by atoms with E-state index in [0.29, 0.717) is 19.7 Å². The van der Waals surface area contributed by atoms with Gasteiger partial charge in [0.25, 0.3) is 0 Å². The largest absolute Gasteiger partial charge is 0.449 e. The van der Waals surface area contributed by atoms with Crippen LogP contribution in [0.15, 0.2) is 18.5 Å². The Labute approximate surface area is 100 Å². The molecule has 0 saturated heterocycles. The Bertz CT molecular complexity index is 398. The summed E-state index contributed by atoms with van der Waals surface area (Å²) in [4.78, 5) is 13.4. The summed E-state index contributed by atoms with van der Waals surface area (Å²) in [5.74, 6) is 0. The Morgan fingerprint density at radius 2 is 2.53 bits per heavy atom. The molecular weight excluding hydrogens is 218 g/mol. The lowest BCUT2D eigenvalue weighted by Gasteiger charge is -2.15. The molecule has 17 heavy (non-hydrogen) atoms. The van der Waals surface area contributed by atoms with Crippen molar-refractivity contribution in [2.24, 2.45) is 0 Å². The Kier molecular flexibility index (Phi) is 3.80. The van der Waals surface area contributed by atoms with Crippen molar-refractivity contribution in [1.29, 1.82) is 0 Å². The van der Waals surface area contributed by atoms with Gasteiger partial charge in [-0.05, 0) is 12.0 Å². The first-order valence-electron chi connectivity index (χ1n) is 5.91. The fourth-order valence-electron chi connectivity index (χ4n) is 1.72. The summed E-state index contributed by atoms with van der Waals surface area (Å²) in [6.07, 6.45) is 7.35. The number of aromatic amines is 1. The number of aromatic nitrogens is 2. The molecule has 0 atom stereocenters. The van der Waals surface area contributed by atoms with Gasteiger partial charge in [-0.1, -0.05) is 19.4 Å². The number of rotatable bonds is 4. The van der Waals surface area contributed by atoms with E-state index in [1.54, 1.807) is 11.1 Å². The summed E-state index contributed by atoms with van der Waals surface area (Å²) in [6.45, 7) is 3.80. The van der Waals surface area contributed by atoms with Crippen molar-refractivity contribution in [3.05, 3.63) is 24.0 Å². The summed E-state index contributed by atoms with van der Waals surface area (Å²) in [7, 11) is 0. The van der Waals surface area contributed by atoms with Crippen molar-refractivity contribution >= 4 is 11.7 Å². The quantitative estimate of drug-likeness (QED) is 0.812. The van der Waals surface area contributed by atoms with Crippen LogP contribution in [-0.4, -0.2) is 40.9 Å². The molecule has 1 aliphatic rings. The number of ether oxygens (including phenoxy) is 1. The minimum atomic E-state index is -0.229. The minimum Gasteiger partial charge on any atom is -0.449 e. The van der Waals surface area contributed by atoms with E-state index in [-0.39, 0.29) is 6.09 Å². The topological polar surface area (TPSA) is 58.2 Å². The third kappa shape index (κ3) is 2.87. The van der Waals surface area contributed by atoms with Crippen LogP contribution in [0.5, 0.6) is 0 Å². The molecule has 0 radical (unpaired) electrons. The molecule has 0 fully saturated rings. The van der Waals surface area contributed by atoms with E-state index in [1.807, 2.05) is 12.3 Å². The smallest absolute Gasteiger partial charge is 0.410 e. The summed E-state index contributed by atoms with van der Waals surface area (Å²) >= 11 is 0. The maximum Gasteiger partial charge on any atom is 0.410 e. The maximum absolute atomic E-state index is 11.7. The SMILES string of the molecule is CCCCOC(=O)N1CC=C(c2cn[nH]c2)C1. The fourth-order valence-corrected chi connectivity index (χ4v) is 1.72. The second kappa shape index (κ2) is 5.52. The number of nitrogens with zero attached hydrogens (tertiary/aromatic N) is 2. The van der Waals surface area contributed by atoms with Crippen LogP contribution in [0.25, 0.3) is 5.57 Å². The number of H-pyrrole nitrogens is 1. The summed E-state index contributed by atoms with van der Waals surface area (Å²) in [5, 5.41) is 6.66. The predicted molar refractivity (Wildman–Crippen MR) is 64.4 cm³/mol. The fraction of sp³-hybridized carbons (Fsp3) is 0.500. The number of unbranched alkanes of at least 4 members (excludes halogenated alkanes) is 1. The number of hydrogen-bond acceptors (Lipinski definition) is 3. The zero-order valence-electron chi connectivity index (χ0n) is 9.98. The highest BCUT2D eigenvalue weighted by Gasteiger charge is 2.21. The average Bonchev–Trinajstić information content (AvgIpc) is 3.00. The van der Waals surface area contributed by atoms with Gasteiger partial charge in [0.05, 0.1) is 12.8 Å². The molecule has 0 unspecified atom stereocenters. The molecule has 1 amide bonds. The summed E-state index contributed by atoms with van der Waals surface area (Å²) in [6, 6.07) is 0. The molecule has 5 nitrogen and oxygen atoms in total. The van der Waals surface area contributed by atoms with Crippen LogP contribution in [-0.2, 0) is 4.74 Å². The van der Waals surface area contributed by atoms with Gasteiger partial charge in [-0.2, -0.15) is 5.10 Å². The van der Waals surface area contributed by atoms with Crippen molar-refractivity contribution in [2.75, 3.05) is 19.7 Å². The molecule has 1 aromatic heterocycles. The van der Waals surface area contributed by atoms with Gasteiger partial charge >= 0.3 is 6.09 Å². The Morgan fingerprint density at radius 3 is 3.24 bits per heavy atom. The first kappa shape index (κ1) is 11.7. The molecule has 0 aromatic carbocycles. The second-order valence-corrected chi connectivity index (χ2v) is 4.06. The van der Waals surface area contributed by atoms with Crippen LogP contribution in [0.1, 0.15) is 25.3 Å². The molecular formula is C12H17N3O2. The lowest BCUT2D eigenvalue weighted by molar-refractivity contribution is 0.111. The zero-order valence-corrected chi connectivity index (χ0v) is 9.98. The maximum atomic E-state index is 11.7. The van der Waals surface area contributed by atoms with E-state index in [4.69, 9.17) is 4.74 Å². The van der Waals surface area contributed by atoms with Gasteiger partial charge in [0.1, 0.15) is 0 Å². The van der Waals surface area contributed by atoms with E-state index >= 15 is 0 Å². The highest BCUT2D eigenvalue weighted by atomic mass is 16.6. The zero-order chi connectivity index (χ0) is 12.1. The first-order chi connectivity index (χ1) is 8.31. The van der Waals surface area contributed by atoms with Crippen LogP contribution in [0.4, 0.5) is 4.79 Å². The summed E-state index contributed by atoms with van der Waals surface area (Å²) < 4.78 is 5.16. The van der Waals surface area contributed by atoms with Gasteiger partial charge in [0.2, 0.25) is 0 Å². The number of hydrogen-bond donors (Lipinski definition) is 1. The molecule has 92 valence electrons. The molecule has 2 rings (SSSR count). The minimum absolute atomic E-state index is 0.229. The van der Waals surface area contributed by atoms with Crippen molar-refractivity contribution in [3.63, 3.8) is 0 Å². The number of carbonyl (C=O) groups is 1. The van der Waals surface area contributed by atoms with E-state index in [1.165, 1.54) is 0 Å². The van der Waals surface area contributed by atoms with Crippen LogP contribution in [0, 0.1) is 0 Å². The van der Waals surface area contributed by atoms with Crippen LogP contribution in [0.2, 0.25) is 0 Å². The standard InChI is InChI=1S/C12H17N3O2/c1-2-3-6-17-12(16)15-5-4-10(9-15)11-7-13-14-8-11/h4,7-8H,2-3,5-6,9H2,1H3,(H,13,14). The first-order valence-corrected chi connectivity index (χ1v) is 5.91. The highest BCUT2D eigenvalue weighted by molar-refractivity contribution is 5.76. The third-order valence-corrected chi connectivity index (χ3v) is 2.77. The normalized spacial score (nSPS) is 14.9. The van der Waals surface area contributed by atoms with Gasteiger partial charge in [0, 0.05) is 24.8 Å². The third-order valence-electron chi connectivity index (χ3n) is 2.77. The summed E-state index contributed by atoms with van der Waals surface area (Å²) in [5.41, 5.74) is 2.15. The van der Waals surface area contributed by atoms with Crippen LogP contribution >= 0.6 is 0 Å². The van der Waals surface area contributed by atoms with Gasteiger partial charge in [-0.25, -0.2) is 4.79 Å². The van der Waals surface area contributed by atoms with Gasteiger partial charge in [0.15, 0.2) is 0 Å². The van der Waals surface area contributed by atoms with Crippen LogP contribution in [0.3, 0.4) is 0 Å². The molecule has 0 aliphatic carbocycles. The lowest BCUT2D eigenvalue weighted by atomic mass is 10.1. The van der Waals surface area contributed by atoms with E-state index in [9.17, 15) is 4.79 Å². The molecule has 5 heteroatoms. The molecule has 1 N–H and O–H groups in total. The van der Waals surface area contributed by atoms with Gasteiger partial charge in [-0.15, -0.1) is 0 Å². The second-order valence-electron chi connectivity index (χ2n) is 4.06. The highest BCUT2D eigenvalue weighted by Crippen LogP contribution is 2.20. The van der Waals surface area contributed by atoms with Crippen molar-refractivity contribution in [3.8, 4) is 0 Å². The molecule has 1 aromatic rings. The van der Waals surface area contributed by atoms with Crippen molar-refractivity contribution < 1.29 is 9.53 Å². The molecule has 0 saturated carbocycles. The molecule has 0 bridgehead atoms. The van der Waals surface area contributed by atoms with Gasteiger partial charge < -0.3 is 9.64 Å². The van der Waals surface area contributed by atoms with Crippen molar-refractivity contribution in [1.82, 2.24) is 15.1 Å². The molecule has 1 aliphatic heterocycles. The number of amides is 1.